The van der Waals surface area contributed by atoms with E-state index in [2.05, 4.69) is 4.98 Å². The van der Waals surface area contributed by atoms with Gasteiger partial charge in [0, 0.05) is 17.8 Å². The van der Waals surface area contributed by atoms with Crippen LogP contribution in [0.15, 0.2) is 66.4 Å². The number of Topliss-reactive ketones (excluding diaryl/α,β-unsaturated/α-hetero) is 1. The molecule has 2 aliphatic heterocycles. The van der Waals surface area contributed by atoms with Gasteiger partial charge in [-0.1, -0.05) is 6.07 Å². The Morgan fingerprint density at radius 3 is 2.73 bits per heavy atom. The maximum Gasteiger partial charge on any atom is 0.300 e. The highest BCUT2D eigenvalue weighted by atomic mass is 19.1. The number of aliphatic hydroxyl groups excluding tert-OH is 1. The molecule has 1 fully saturated rings. The largest absolute Gasteiger partial charge is 0.507 e. The topological polar surface area (TPSA) is 79.7 Å². The Morgan fingerprint density at radius 2 is 1.94 bits per heavy atom. The zero-order valence-corrected chi connectivity index (χ0v) is 17.3. The summed E-state index contributed by atoms with van der Waals surface area (Å²) in [6.45, 7) is 0.600. The second-order valence-electron chi connectivity index (χ2n) is 7.79. The van der Waals surface area contributed by atoms with Crippen LogP contribution in [0.3, 0.4) is 0 Å². The van der Waals surface area contributed by atoms with E-state index < -0.39 is 40.8 Å². The smallest absolute Gasteiger partial charge is 0.300 e. The van der Waals surface area contributed by atoms with Crippen molar-refractivity contribution < 1.29 is 28.2 Å². The van der Waals surface area contributed by atoms with E-state index in [1.54, 1.807) is 36.4 Å². The van der Waals surface area contributed by atoms with Crippen LogP contribution < -0.4 is 9.64 Å². The predicted molar refractivity (Wildman–Crippen MR) is 116 cm³/mol. The molecule has 0 spiro atoms. The van der Waals surface area contributed by atoms with Crippen molar-refractivity contribution in [3.8, 4) is 5.75 Å². The highest BCUT2D eigenvalue weighted by molar-refractivity contribution is 6.51. The van der Waals surface area contributed by atoms with Gasteiger partial charge in [0.25, 0.3) is 11.7 Å². The number of halogens is 2. The van der Waals surface area contributed by atoms with Gasteiger partial charge in [-0.25, -0.2) is 8.78 Å². The molecule has 1 atom stereocenters. The van der Waals surface area contributed by atoms with Gasteiger partial charge in [0.2, 0.25) is 0 Å². The Labute approximate surface area is 187 Å². The maximum atomic E-state index is 14.7. The molecule has 0 radical (unpaired) electrons. The fourth-order valence-electron chi connectivity index (χ4n) is 4.23. The summed E-state index contributed by atoms with van der Waals surface area (Å²) >= 11 is 0. The summed E-state index contributed by atoms with van der Waals surface area (Å²) in [6.07, 6.45) is 3.00. The summed E-state index contributed by atoms with van der Waals surface area (Å²) in [5.74, 6) is -3.48. The number of anilines is 1. The molecule has 1 unspecified atom stereocenters. The number of rotatable bonds is 3. The molecular weight excluding hydrogens is 430 g/mol. The van der Waals surface area contributed by atoms with Gasteiger partial charge in [-0.05, 0) is 60.9 Å². The third-order valence-electron chi connectivity index (χ3n) is 5.76. The molecule has 0 bridgehead atoms. The highest BCUT2D eigenvalue weighted by Gasteiger charge is 2.48. The Hall–Kier alpha value is -4.07. The summed E-state index contributed by atoms with van der Waals surface area (Å²) in [5.41, 5.74) is 0.746. The third kappa shape index (κ3) is 3.53. The van der Waals surface area contributed by atoms with E-state index in [-0.39, 0.29) is 11.3 Å². The molecule has 0 aliphatic carbocycles. The number of carbonyl (C=O) groups excluding carboxylic acids is 2. The first kappa shape index (κ1) is 20.8. The number of ether oxygens (including phenoxy) is 1. The zero-order valence-electron chi connectivity index (χ0n) is 17.3. The molecule has 2 aliphatic rings. The van der Waals surface area contributed by atoms with E-state index in [1.807, 2.05) is 0 Å². The normalized spacial score (nSPS) is 19.3. The van der Waals surface area contributed by atoms with Crippen LogP contribution in [0.1, 0.15) is 29.3 Å². The molecule has 33 heavy (non-hydrogen) atoms. The van der Waals surface area contributed by atoms with E-state index in [0.717, 1.165) is 41.5 Å². The monoisotopic (exact) mass is 448 g/mol. The molecule has 0 saturated carbocycles. The minimum atomic E-state index is -1.24. The van der Waals surface area contributed by atoms with Gasteiger partial charge in [0.05, 0.1) is 23.6 Å². The average molecular weight is 448 g/mol. The molecule has 3 aromatic rings. The Bertz CT molecular complexity index is 1310. The molecule has 2 aromatic carbocycles. The second-order valence-corrected chi connectivity index (χ2v) is 7.79. The van der Waals surface area contributed by atoms with Crippen LogP contribution in [0.4, 0.5) is 14.5 Å². The molecule has 1 aromatic heterocycles. The van der Waals surface area contributed by atoms with Gasteiger partial charge < -0.3 is 9.84 Å². The Balaban J connectivity index is 1.71. The number of aliphatic hydroxyl groups is 1. The van der Waals surface area contributed by atoms with Crippen molar-refractivity contribution in [3.05, 3.63) is 94.8 Å². The molecule has 5 rings (SSSR count). The van der Waals surface area contributed by atoms with E-state index >= 15 is 0 Å². The van der Waals surface area contributed by atoms with Gasteiger partial charge >= 0.3 is 0 Å². The number of hydrogen-bond donors (Lipinski definition) is 1. The van der Waals surface area contributed by atoms with Gasteiger partial charge in [-0.3, -0.25) is 19.5 Å². The zero-order chi connectivity index (χ0) is 23.1. The number of fused-ring (bicyclic) bond motifs is 1. The lowest BCUT2D eigenvalue weighted by Crippen LogP contribution is -2.30. The van der Waals surface area contributed by atoms with Crippen molar-refractivity contribution in [1.82, 2.24) is 4.98 Å². The first-order chi connectivity index (χ1) is 16.0. The number of carbonyl (C=O) groups is 2. The summed E-state index contributed by atoms with van der Waals surface area (Å²) in [6, 6.07) is 11.2. The fourth-order valence-corrected chi connectivity index (χ4v) is 4.23. The maximum absolute atomic E-state index is 14.7. The quantitative estimate of drug-likeness (QED) is 0.367. The van der Waals surface area contributed by atoms with Gasteiger partial charge in [-0.2, -0.15) is 0 Å². The van der Waals surface area contributed by atoms with Crippen molar-refractivity contribution >= 4 is 23.1 Å². The van der Waals surface area contributed by atoms with Gasteiger partial charge in [0.15, 0.2) is 0 Å². The van der Waals surface area contributed by atoms with Crippen molar-refractivity contribution in [3.63, 3.8) is 0 Å². The van der Waals surface area contributed by atoms with Crippen molar-refractivity contribution in [2.45, 2.75) is 18.9 Å². The number of aryl methyl sites for hydroxylation is 1. The van der Waals surface area contributed by atoms with Crippen molar-refractivity contribution in [2.24, 2.45) is 0 Å². The fraction of sp³-hybridized carbons (Fsp3) is 0.160. The molecule has 6 nitrogen and oxygen atoms in total. The van der Waals surface area contributed by atoms with E-state index in [4.69, 9.17) is 4.74 Å². The SMILES string of the molecule is O=C1C(=O)N(c2cc(F)ccc2F)C(c2ccccn2)/C1=C(/O)c1ccc2c(c1)CCCO2. The minimum Gasteiger partial charge on any atom is -0.507 e. The number of pyridine rings is 1. The van der Waals surface area contributed by atoms with Crippen LogP contribution in [-0.2, 0) is 16.0 Å². The van der Waals surface area contributed by atoms with Crippen LogP contribution >= 0.6 is 0 Å². The first-order valence-corrected chi connectivity index (χ1v) is 10.4. The Kier molecular flexibility index (Phi) is 5.12. The number of amides is 1. The molecule has 1 amide bonds. The molecule has 8 heteroatoms. The van der Waals surface area contributed by atoms with E-state index in [1.165, 1.54) is 6.20 Å². The molecule has 1 N–H and O–H groups in total. The summed E-state index contributed by atoms with van der Waals surface area (Å²) < 4.78 is 34.2. The molecule has 3 heterocycles. The lowest BCUT2D eigenvalue weighted by molar-refractivity contribution is -0.132. The van der Waals surface area contributed by atoms with Gasteiger partial charge in [0.1, 0.15) is 29.2 Å². The minimum absolute atomic E-state index is 0.225. The average Bonchev–Trinajstić information content (AvgIpc) is 3.10. The number of aromatic nitrogens is 1. The van der Waals surface area contributed by atoms with Gasteiger partial charge in [-0.15, -0.1) is 0 Å². The Morgan fingerprint density at radius 1 is 1.09 bits per heavy atom. The summed E-state index contributed by atoms with van der Waals surface area (Å²) in [5, 5.41) is 11.2. The van der Waals surface area contributed by atoms with Crippen LogP contribution in [0, 0.1) is 11.6 Å². The highest BCUT2D eigenvalue weighted by Crippen LogP contribution is 2.42. The van der Waals surface area contributed by atoms with E-state index in [0.29, 0.717) is 17.9 Å². The van der Waals surface area contributed by atoms with Crippen LogP contribution in [0.5, 0.6) is 5.75 Å². The number of ketones is 1. The number of benzene rings is 2. The van der Waals surface area contributed by atoms with Crippen LogP contribution in [0.2, 0.25) is 0 Å². The van der Waals surface area contributed by atoms with Crippen LogP contribution in [-0.4, -0.2) is 28.4 Å². The predicted octanol–water partition coefficient (Wildman–Crippen LogP) is 4.31. The lowest BCUT2D eigenvalue weighted by Gasteiger charge is -2.25. The lowest BCUT2D eigenvalue weighted by atomic mass is 9.96. The number of nitrogens with zero attached hydrogens (tertiary/aromatic N) is 2. The molecule has 1 saturated heterocycles. The first-order valence-electron chi connectivity index (χ1n) is 10.4. The molecular formula is C25H18F2N2O4. The molecule has 166 valence electrons. The van der Waals surface area contributed by atoms with Crippen LogP contribution in [0.25, 0.3) is 5.76 Å². The second kappa shape index (κ2) is 8.12. The third-order valence-corrected chi connectivity index (χ3v) is 5.76. The van der Waals surface area contributed by atoms with Crippen molar-refractivity contribution in [1.29, 1.82) is 0 Å². The standard InChI is InChI=1S/C25H18F2N2O4/c26-16-7-8-17(27)19(13-16)29-22(18-5-1-2-10-28-18)21(24(31)25(29)32)23(30)15-6-9-20-14(12-15)4-3-11-33-20/h1-2,5-10,12-13,22,30H,3-4,11H2/b23-21-. The number of hydrogen-bond acceptors (Lipinski definition) is 5. The summed E-state index contributed by atoms with van der Waals surface area (Å²) in [7, 11) is 0. The summed E-state index contributed by atoms with van der Waals surface area (Å²) in [4.78, 5) is 31.2. The van der Waals surface area contributed by atoms with E-state index in [9.17, 15) is 23.5 Å². The van der Waals surface area contributed by atoms with Crippen molar-refractivity contribution in [2.75, 3.05) is 11.5 Å².